The average molecular weight is 454 g/mol. The summed E-state index contributed by atoms with van der Waals surface area (Å²) in [7, 11) is 3.79. The summed E-state index contributed by atoms with van der Waals surface area (Å²) in [4.78, 5) is 25.9. The number of carbonyl (C=O) groups excluding carboxylic acids is 1. The number of likely N-dealkylation sites (N-methyl/N-ethyl adjacent to an activating group) is 1. The summed E-state index contributed by atoms with van der Waals surface area (Å²) in [6.45, 7) is 2.40. The minimum atomic E-state index is -0.338. The van der Waals surface area contributed by atoms with Crippen LogP contribution in [0, 0.1) is 0 Å². The fourth-order valence-electron chi connectivity index (χ4n) is 3.72. The molecule has 1 unspecified atom stereocenters. The summed E-state index contributed by atoms with van der Waals surface area (Å²) in [6.07, 6.45) is 2.29. The zero-order valence-electron chi connectivity index (χ0n) is 18.2. The van der Waals surface area contributed by atoms with E-state index >= 15 is 0 Å². The average Bonchev–Trinajstić information content (AvgIpc) is 3.30. The van der Waals surface area contributed by atoms with E-state index in [-0.39, 0.29) is 18.0 Å². The number of thiophene rings is 1. The first-order chi connectivity index (χ1) is 15.6. The summed E-state index contributed by atoms with van der Waals surface area (Å²) in [5, 5.41) is 14.9. The van der Waals surface area contributed by atoms with Gasteiger partial charge in [-0.1, -0.05) is 18.2 Å². The molecule has 0 radical (unpaired) electrons. The maximum Gasteiger partial charge on any atom is 0.315 e. The van der Waals surface area contributed by atoms with Crippen molar-refractivity contribution in [3.63, 3.8) is 0 Å². The van der Waals surface area contributed by atoms with E-state index < -0.39 is 0 Å². The second kappa shape index (κ2) is 10.1. The molecular formula is C23H27N5O3S. The Kier molecular flexibility index (Phi) is 6.99. The van der Waals surface area contributed by atoms with Crippen LogP contribution in [0.1, 0.15) is 33.3 Å². The van der Waals surface area contributed by atoms with Crippen LogP contribution in [-0.4, -0.2) is 54.7 Å². The van der Waals surface area contributed by atoms with E-state index in [1.807, 2.05) is 49.3 Å². The van der Waals surface area contributed by atoms with Gasteiger partial charge in [-0.2, -0.15) is 4.98 Å². The lowest BCUT2D eigenvalue weighted by molar-refractivity contribution is 0.0367. The lowest BCUT2D eigenvalue weighted by Gasteiger charge is -2.22. The van der Waals surface area contributed by atoms with E-state index in [2.05, 4.69) is 26.7 Å². The summed E-state index contributed by atoms with van der Waals surface area (Å²) in [6, 6.07) is 11.7. The Morgan fingerprint density at radius 1 is 1.28 bits per heavy atom. The Bertz CT molecular complexity index is 1060. The monoisotopic (exact) mass is 453 g/mol. The number of fused-ring (bicyclic) bond motifs is 1. The molecule has 0 aliphatic carbocycles. The quantitative estimate of drug-likeness (QED) is 0.541. The third-order valence-corrected chi connectivity index (χ3v) is 6.41. The Hall–Kier alpha value is -3.01. The molecule has 1 atom stereocenters. The lowest BCUT2D eigenvalue weighted by Crippen LogP contribution is -2.33. The highest BCUT2D eigenvalue weighted by atomic mass is 32.1. The van der Waals surface area contributed by atoms with Gasteiger partial charge in [0.25, 0.3) is 5.91 Å². The molecule has 2 aromatic heterocycles. The van der Waals surface area contributed by atoms with E-state index in [1.165, 1.54) is 11.1 Å². The molecule has 1 aromatic carbocycles. The zero-order valence-corrected chi connectivity index (χ0v) is 19.0. The van der Waals surface area contributed by atoms with Crippen molar-refractivity contribution in [2.75, 3.05) is 43.5 Å². The highest BCUT2D eigenvalue weighted by Gasteiger charge is 2.28. The van der Waals surface area contributed by atoms with Gasteiger partial charge in [-0.15, -0.1) is 11.3 Å². The fraction of sp³-hybridized carbons (Fsp3) is 0.348. The number of benzene rings is 1. The van der Waals surface area contributed by atoms with Crippen LogP contribution in [-0.2, 0) is 11.3 Å². The van der Waals surface area contributed by atoms with Gasteiger partial charge in [0, 0.05) is 36.9 Å². The number of nitrogens with zero attached hydrogens (tertiary/aromatic N) is 4. The van der Waals surface area contributed by atoms with Crippen molar-refractivity contribution in [1.82, 2.24) is 15.3 Å². The first-order valence-electron chi connectivity index (χ1n) is 10.5. The van der Waals surface area contributed by atoms with Gasteiger partial charge in [0.15, 0.2) is 0 Å². The number of amides is 1. The van der Waals surface area contributed by atoms with Crippen LogP contribution >= 0.6 is 11.3 Å². The number of ether oxygens (including phenoxy) is 1. The van der Waals surface area contributed by atoms with E-state index in [9.17, 15) is 9.90 Å². The predicted octanol–water partition coefficient (Wildman–Crippen LogP) is 3.21. The van der Waals surface area contributed by atoms with E-state index in [1.54, 1.807) is 16.2 Å². The van der Waals surface area contributed by atoms with Gasteiger partial charge in [-0.25, -0.2) is 4.98 Å². The Morgan fingerprint density at radius 2 is 2.16 bits per heavy atom. The molecule has 2 N–H and O–H groups in total. The SMILES string of the molecule is CNCCC(OCc1cccc(N2CCN(C)c3nc(O)ncc3C2=O)c1)c1cccs1. The number of carbonyl (C=O) groups is 1. The smallest absolute Gasteiger partial charge is 0.315 e. The molecule has 0 spiro atoms. The van der Waals surface area contributed by atoms with Crippen LogP contribution in [0.3, 0.4) is 0 Å². The second-order valence-electron chi connectivity index (χ2n) is 7.66. The van der Waals surface area contributed by atoms with Gasteiger partial charge < -0.3 is 25.0 Å². The van der Waals surface area contributed by atoms with Crippen molar-refractivity contribution in [3.8, 4) is 6.01 Å². The molecule has 4 rings (SSSR count). The lowest BCUT2D eigenvalue weighted by atomic mass is 10.1. The molecule has 3 heterocycles. The highest BCUT2D eigenvalue weighted by molar-refractivity contribution is 7.10. The van der Waals surface area contributed by atoms with Gasteiger partial charge in [0.2, 0.25) is 0 Å². The first-order valence-corrected chi connectivity index (χ1v) is 11.4. The molecule has 1 aliphatic heterocycles. The largest absolute Gasteiger partial charge is 0.479 e. The Morgan fingerprint density at radius 3 is 2.94 bits per heavy atom. The molecule has 32 heavy (non-hydrogen) atoms. The normalized spacial score (nSPS) is 14.9. The topological polar surface area (TPSA) is 90.8 Å². The van der Waals surface area contributed by atoms with Crippen molar-refractivity contribution < 1.29 is 14.6 Å². The minimum absolute atomic E-state index is 0.0243. The number of aromatic nitrogens is 2. The molecule has 9 heteroatoms. The molecular weight excluding hydrogens is 426 g/mol. The van der Waals surface area contributed by atoms with Crippen LogP contribution in [0.25, 0.3) is 0 Å². The molecule has 1 aliphatic rings. The highest BCUT2D eigenvalue weighted by Crippen LogP contribution is 2.29. The third-order valence-electron chi connectivity index (χ3n) is 5.44. The van der Waals surface area contributed by atoms with Gasteiger partial charge in [0.1, 0.15) is 11.4 Å². The Balaban J connectivity index is 1.52. The number of rotatable bonds is 8. The van der Waals surface area contributed by atoms with Crippen molar-refractivity contribution in [3.05, 3.63) is 64.0 Å². The first kappa shape index (κ1) is 22.2. The number of nitrogens with one attached hydrogen (secondary N) is 1. The van der Waals surface area contributed by atoms with Gasteiger partial charge in [-0.05, 0) is 49.2 Å². The molecule has 0 bridgehead atoms. The molecule has 8 nitrogen and oxygen atoms in total. The standard InChI is InChI=1S/C23H27N5O3S/c1-24-9-8-19(20-7-4-12-32-20)31-15-16-5-3-6-17(13-16)28-11-10-27(2)21-18(22(28)29)14-25-23(30)26-21/h3-7,12-14,19,24H,8-11,15H2,1-2H3,(H,25,26,30). The summed E-state index contributed by atoms with van der Waals surface area (Å²) in [5.74, 6) is 0.251. The number of anilines is 2. The van der Waals surface area contributed by atoms with Gasteiger partial charge in [-0.3, -0.25) is 4.79 Å². The molecule has 1 amide bonds. The van der Waals surface area contributed by atoms with Crippen molar-refractivity contribution in [2.45, 2.75) is 19.1 Å². The molecule has 3 aromatic rings. The van der Waals surface area contributed by atoms with Crippen molar-refractivity contribution >= 4 is 28.7 Å². The third kappa shape index (κ3) is 4.90. The van der Waals surface area contributed by atoms with Gasteiger partial charge in [0.05, 0.1) is 12.7 Å². The predicted molar refractivity (Wildman–Crippen MR) is 125 cm³/mol. The van der Waals surface area contributed by atoms with Crippen LogP contribution in [0.2, 0.25) is 0 Å². The zero-order chi connectivity index (χ0) is 22.5. The van der Waals surface area contributed by atoms with Crippen molar-refractivity contribution in [1.29, 1.82) is 0 Å². The van der Waals surface area contributed by atoms with Crippen molar-refractivity contribution in [2.24, 2.45) is 0 Å². The van der Waals surface area contributed by atoms with Crippen LogP contribution in [0.5, 0.6) is 6.01 Å². The number of hydrogen-bond donors (Lipinski definition) is 2. The minimum Gasteiger partial charge on any atom is -0.479 e. The second-order valence-corrected chi connectivity index (χ2v) is 8.64. The maximum absolute atomic E-state index is 13.2. The fourth-order valence-corrected chi connectivity index (χ4v) is 4.53. The van der Waals surface area contributed by atoms with E-state index in [4.69, 9.17) is 4.74 Å². The van der Waals surface area contributed by atoms with Crippen LogP contribution < -0.4 is 15.1 Å². The molecule has 0 fully saturated rings. The summed E-state index contributed by atoms with van der Waals surface area (Å²) >= 11 is 1.70. The van der Waals surface area contributed by atoms with Crippen LogP contribution in [0.4, 0.5) is 11.5 Å². The van der Waals surface area contributed by atoms with Crippen LogP contribution in [0.15, 0.2) is 48.0 Å². The summed E-state index contributed by atoms with van der Waals surface area (Å²) < 4.78 is 6.27. The van der Waals surface area contributed by atoms with E-state index in [0.717, 1.165) is 24.2 Å². The molecule has 168 valence electrons. The summed E-state index contributed by atoms with van der Waals surface area (Å²) in [5.41, 5.74) is 2.17. The Labute approximate surface area is 191 Å². The maximum atomic E-state index is 13.2. The molecule has 0 saturated carbocycles. The molecule has 0 saturated heterocycles. The number of hydrogen-bond acceptors (Lipinski definition) is 8. The van der Waals surface area contributed by atoms with E-state index in [0.29, 0.717) is 31.1 Å². The number of aromatic hydroxyl groups is 1. The van der Waals surface area contributed by atoms with Gasteiger partial charge >= 0.3 is 6.01 Å².